The third kappa shape index (κ3) is 2.12. The first kappa shape index (κ1) is 13.2. The van der Waals surface area contributed by atoms with Crippen molar-refractivity contribution in [2.24, 2.45) is 11.1 Å². The predicted octanol–water partition coefficient (Wildman–Crippen LogP) is 2.72. The van der Waals surface area contributed by atoms with Gasteiger partial charge in [-0.2, -0.15) is 0 Å². The van der Waals surface area contributed by atoms with Gasteiger partial charge in [-0.3, -0.25) is 0 Å². The van der Waals surface area contributed by atoms with Crippen LogP contribution < -0.4 is 5.73 Å². The maximum absolute atomic E-state index is 6.24. The van der Waals surface area contributed by atoms with Gasteiger partial charge in [0.1, 0.15) is 5.76 Å². The third-order valence-corrected chi connectivity index (χ3v) is 3.97. The Labute approximate surface area is 118 Å². The number of aryl methyl sites for hydroxylation is 2. The summed E-state index contributed by atoms with van der Waals surface area (Å²) in [6, 6.07) is 0.0208. The van der Waals surface area contributed by atoms with Gasteiger partial charge in [0.25, 0.3) is 0 Å². The van der Waals surface area contributed by atoms with Crippen molar-refractivity contribution in [2.75, 3.05) is 0 Å². The molecule has 0 fully saturated rings. The zero-order chi connectivity index (χ0) is 14.5. The lowest BCUT2D eigenvalue weighted by molar-refractivity contribution is 0.278. The lowest BCUT2D eigenvalue weighted by Crippen LogP contribution is -2.30. The first-order valence-corrected chi connectivity index (χ1v) is 6.92. The van der Waals surface area contributed by atoms with Gasteiger partial charge >= 0.3 is 0 Å². The summed E-state index contributed by atoms with van der Waals surface area (Å²) in [5, 5.41) is 3.97. The first-order chi connectivity index (χ1) is 9.37. The van der Waals surface area contributed by atoms with Crippen molar-refractivity contribution in [3.8, 4) is 11.4 Å². The van der Waals surface area contributed by atoms with Crippen LogP contribution in [0.25, 0.3) is 11.4 Å². The highest BCUT2D eigenvalue weighted by atomic mass is 16.5. The Morgan fingerprint density at radius 1 is 1.35 bits per heavy atom. The van der Waals surface area contributed by atoms with E-state index < -0.39 is 0 Å². The monoisotopic (exact) mass is 272 g/mol. The highest BCUT2D eigenvalue weighted by Gasteiger charge is 2.32. The lowest BCUT2D eigenvalue weighted by Gasteiger charge is -2.34. The number of fused-ring (bicyclic) bond motifs is 1. The van der Waals surface area contributed by atoms with Gasteiger partial charge < -0.3 is 10.3 Å². The van der Waals surface area contributed by atoms with Crippen molar-refractivity contribution in [1.82, 2.24) is 15.1 Å². The number of hydrogen-bond donors (Lipinski definition) is 1. The lowest BCUT2D eigenvalue weighted by atomic mass is 9.74. The van der Waals surface area contributed by atoms with E-state index in [-0.39, 0.29) is 11.5 Å². The van der Waals surface area contributed by atoms with Gasteiger partial charge in [-0.05, 0) is 32.1 Å². The molecule has 5 heteroatoms. The molecule has 0 amide bonds. The van der Waals surface area contributed by atoms with Gasteiger partial charge in [-0.1, -0.05) is 19.0 Å². The summed E-state index contributed by atoms with van der Waals surface area (Å²) in [6.45, 7) is 8.25. The minimum Gasteiger partial charge on any atom is -0.361 e. The van der Waals surface area contributed by atoms with Crippen LogP contribution in [0, 0.1) is 19.3 Å². The Hall–Kier alpha value is -1.75. The first-order valence-electron chi connectivity index (χ1n) is 6.92. The van der Waals surface area contributed by atoms with E-state index in [1.54, 1.807) is 0 Å². The number of nitrogens with two attached hydrogens (primary N) is 1. The van der Waals surface area contributed by atoms with E-state index in [4.69, 9.17) is 15.2 Å². The summed E-state index contributed by atoms with van der Waals surface area (Å²) in [6.07, 6.45) is 3.76. The smallest absolute Gasteiger partial charge is 0.164 e. The summed E-state index contributed by atoms with van der Waals surface area (Å²) >= 11 is 0. The second kappa shape index (κ2) is 4.38. The molecule has 2 heterocycles. The second-order valence-electron chi connectivity index (χ2n) is 6.45. The van der Waals surface area contributed by atoms with Gasteiger partial charge in [0.2, 0.25) is 0 Å². The highest BCUT2D eigenvalue weighted by molar-refractivity contribution is 5.60. The van der Waals surface area contributed by atoms with Gasteiger partial charge in [-0.25, -0.2) is 9.97 Å². The molecule has 1 aliphatic rings. The summed E-state index contributed by atoms with van der Waals surface area (Å²) < 4.78 is 5.20. The van der Waals surface area contributed by atoms with Gasteiger partial charge in [0, 0.05) is 23.5 Å². The number of hydrogen-bond acceptors (Lipinski definition) is 5. The van der Waals surface area contributed by atoms with Crippen molar-refractivity contribution >= 4 is 0 Å². The van der Waals surface area contributed by atoms with Gasteiger partial charge in [0.05, 0.1) is 11.3 Å². The molecule has 0 aliphatic heterocycles. The molecule has 0 bridgehead atoms. The van der Waals surface area contributed by atoms with E-state index in [9.17, 15) is 0 Å². The SMILES string of the molecule is Cc1noc(C)c1-c1ncc2c(n1)CC(C)(C)CC2N. The normalized spacial score (nSPS) is 20.8. The van der Waals surface area contributed by atoms with Crippen LogP contribution in [0.4, 0.5) is 0 Å². The molecule has 1 unspecified atom stereocenters. The largest absolute Gasteiger partial charge is 0.361 e. The molecule has 1 aliphatic carbocycles. The van der Waals surface area contributed by atoms with E-state index in [1.807, 2.05) is 20.0 Å². The summed E-state index contributed by atoms with van der Waals surface area (Å²) in [4.78, 5) is 9.20. The molecular weight excluding hydrogens is 252 g/mol. The Bertz CT molecular complexity index is 640. The molecule has 20 heavy (non-hydrogen) atoms. The number of aromatic nitrogens is 3. The summed E-state index contributed by atoms with van der Waals surface area (Å²) in [5.41, 5.74) is 10.3. The number of nitrogens with zero attached hydrogens (tertiary/aromatic N) is 3. The third-order valence-electron chi connectivity index (χ3n) is 3.97. The van der Waals surface area contributed by atoms with Crippen molar-refractivity contribution in [3.05, 3.63) is 28.9 Å². The van der Waals surface area contributed by atoms with Crippen LogP contribution in [0.2, 0.25) is 0 Å². The predicted molar refractivity (Wildman–Crippen MR) is 76.0 cm³/mol. The molecule has 2 N–H and O–H groups in total. The van der Waals surface area contributed by atoms with Crippen LogP contribution >= 0.6 is 0 Å². The number of rotatable bonds is 1. The fourth-order valence-corrected chi connectivity index (χ4v) is 3.03. The van der Waals surface area contributed by atoms with E-state index in [0.717, 1.165) is 41.1 Å². The molecule has 0 spiro atoms. The summed E-state index contributed by atoms with van der Waals surface area (Å²) in [5.74, 6) is 1.44. The van der Waals surface area contributed by atoms with E-state index >= 15 is 0 Å². The zero-order valence-corrected chi connectivity index (χ0v) is 12.4. The maximum Gasteiger partial charge on any atom is 0.164 e. The molecular formula is C15H20N4O. The van der Waals surface area contributed by atoms with Crippen molar-refractivity contribution in [3.63, 3.8) is 0 Å². The van der Waals surface area contributed by atoms with E-state index in [0.29, 0.717) is 5.82 Å². The fraction of sp³-hybridized carbons (Fsp3) is 0.533. The molecule has 2 aromatic rings. The average molecular weight is 272 g/mol. The molecule has 2 aromatic heterocycles. The van der Waals surface area contributed by atoms with Crippen molar-refractivity contribution < 1.29 is 4.52 Å². The molecule has 0 saturated carbocycles. The fourth-order valence-electron chi connectivity index (χ4n) is 3.03. The van der Waals surface area contributed by atoms with Crippen molar-refractivity contribution in [1.29, 1.82) is 0 Å². The second-order valence-corrected chi connectivity index (χ2v) is 6.45. The van der Waals surface area contributed by atoms with Crippen LogP contribution in [0.5, 0.6) is 0 Å². The topological polar surface area (TPSA) is 77.8 Å². The molecule has 3 rings (SSSR count). The van der Waals surface area contributed by atoms with Crippen LogP contribution in [0.1, 0.15) is 49.0 Å². The van der Waals surface area contributed by atoms with Gasteiger partial charge in [-0.15, -0.1) is 0 Å². The average Bonchev–Trinajstić information content (AvgIpc) is 2.66. The van der Waals surface area contributed by atoms with Crippen LogP contribution in [0.15, 0.2) is 10.7 Å². The molecule has 5 nitrogen and oxygen atoms in total. The molecule has 1 atom stereocenters. The van der Waals surface area contributed by atoms with E-state index in [1.165, 1.54) is 0 Å². The minimum atomic E-state index is 0.0208. The summed E-state index contributed by atoms with van der Waals surface area (Å²) in [7, 11) is 0. The molecule has 0 aromatic carbocycles. The van der Waals surface area contributed by atoms with Crippen LogP contribution in [0.3, 0.4) is 0 Å². The molecule has 0 radical (unpaired) electrons. The minimum absolute atomic E-state index is 0.0208. The van der Waals surface area contributed by atoms with E-state index in [2.05, 4.69) is 24.0 Å². The molecule has 106 valence electrons. The Kier molecular flexibility index (Phi) is 2.90. The molecule has 0 saturated heterocycles. The quantitative estimate of drug-likeness (QED) is 0.863. The zero-order valence-electron chi connectivity index (χ0n) is 12.4. The van der Waals surface area contributed by atoms with Crippen molar-refractivity contribution in [2.45, 2.75) is 46.6 Å². The standard InChI is InChI=1S/C15H20N4O/c1-8-13(9(2)20-19-8)14-17-7-10-11(16)5-15(3,4)6-12(10)18-14/h7,11H,5-6,16H2,1-4H3. The van der Waals surface area contributed by atoms with Gasteiger partial charge in [0.15, 0.2) is 5.82 Å². The van der Waals surface area contributed by atoms with Crippen LogP contribution in [-0.2, 0) is 6.42 Å². The Balaban J connectivity index is 2.10. The highest BCUT2D eigenvalue weighted by Crippen LogP contribution is 2.39. The Morgan fingerprint density at radius 3 is 2.75 bits per heavy atom. The van der Waals surface area contributed by atoms with Crippen LogP contribution in [-0.4, -0.2) is 15.1 Å². The Morgan fingerprint density at radius 2 is 2.10 bits per heavy atom. The maximum atomic E-state index is 6.24.